The summed E-state index contributed by atoms with van der Waals surface area (Å²) in [6.07, 6.45) is 9.03. The Hall–Kier alpha value is -0.610. The molecule has 1 saturated carbocycles. The third kappa shape index (κ3) is 7.53. The predicted octanol–water partition coefficient (Wildman–Crippen LogP) is 2.48. The van der Waals surface area contributed by atoms with Crippen LogP contribution in [0.5, 0.6) is 0 Å². The van der Waals surface area contributed by atoms with E-state index in [-0.39, 0.29) is 6.42 Å². The summed E-state index contributed by atoms with van der Waals surface area (Å²) in [5.74, 6) is -0.703. The molecule has 0 radical (unpaired) electrons. The Bertz CT molecular complexity index is 253. The van der Waals surface area contributed by atoms with E-state index in [4.69, 9.17) is 5.11 Å². The van der Waals surface area contributed by atoms with Crippen molar-refractivity contribution in [3.05, 3.63) is 0 Å². The highest BCUT2D eigenvalue weighted by molar-refractivity contribution is 5.66. The smallest absolute Gasteiger partial charge is 0.303 e. The van der Waals surface area contributed by atoms with Crippen molar-refractivity contribution in [1.82, 2.24) is 10.2 Å². The minimum Gasteiger partial charge on any atom is -0.481 e. The zero-order chi connectivity index (χ0) is 14.1. The molecule has 0 amide bonds. The van der Waals surface area contributed by atoms with E-state index in [1.54, 1.807) is 0 Å². The highest BCUT2D eigenvalue weighted by Crippen LogP contribution is 2.21. The first-order valence-corrected chi connectivity index (χ1v) is 7.75. The van der Waals surface area contributed by atoms with Gasteiger partial charge in [-0.05, 0) is 52.7 Å². The van der Waals surface area contributed by atoms with E-state index in [1.807, 2.05) is 0 Å². The van der Waals surface area contributed by atoms with Crippen LogP contribution >= 0.6 is 0 Å². The number of hydrogen-bond donors (Lipinski definition) is 2. The van der Waals surface area contributed by atoms with E-state index < -0.39 is 5.97 Å². The number of carboxylic acid groups (broad SMARTS) is 1. The lowest BCUT2D eigenvalue weighted by molar-refractivity contribution is -0.137. The maximum Gasteiger partial charge on any atom is 0.303 e. The summed E-state index contributed by atoms with van der Waals surface area (Å²) in [5.41, 5.74) is 0. The molecule has 4 nitrogen and oxygen atoms in total. The molecule has 1 unspecified atom stereocenters. The molecule has 1 rings (SSSR count). The predicted molar refractivity (Wildman–Crippen MR) is 78.5 cm³/mol. The molecule has 0 aromatic carbocycles. The van der Waals surface area contributed by atoms with E-state index in [1.165, 1.54) is 32.1 Å². The van der Waals surface area contributed by atoms with Crippen LogP contribution in [0.1, 0.15) is 58.3 Å². The lowest BCUT2D eigenvalue weighted by Crippen LogP contribution is -2.36. The molecule has 4 heteroatoms. The summed E-state index contributed by atoms with van der Waals surface area (Å²) < 4.78 is 0. The average Bonchev–Trinajstić information content (AvgIpc) is 2.42. The Labute approximate surface area is 117 Å². The van der Waals surface area contributed by atoms with E-state index in [2.05, 4.69) is 24.2 Å². The molecule has 0 aromatic heterocycles. The number of aliphatic carboxylic acids is 1. The molecule has 0 heterocycles. The van der Waals surface area contributed by atoms with Crippen LogP contribution in [-0.2, 0) is 4.79 Å². The minimum absolute atomic E-state index is 0.260. The number of hydrogen-bond acceptors (Lipinski definition) is 3. The highest BCUT2D eigenvalue weighted by atomic mass is 16.4. The topological polar surface area (TPSA) is 52.6 Å². The normalized spacial score (nSPS) is 18.7. The van der Waals surface area contributed by atoms with Gasteiger partial charge < -0.3 is 15.3 Å². The van der Waals surface area contributed by atoms with Gasteiger partial charge in [0.05, 0.1) is 0 Å². The van der Waals surface area contributed by atoms with Crippen molar-refractivity contribution in [2.45, 2.75) is 70.4 Å². The third-order valence-corrected chi connectivity index (χ3v) is 4.17. The first-order chi connectivity index (χ1) is 9.09. The number of nitrogens with one attached hydrogen (secondary N) is 1. The first kappa shape index (κ1) is 16.4. The van der Waals surface area contributed by atoms with Crippen LogP contribution in [0.3, 0.4) is 0 Å². The lowest BCUT2D eigenvalue weighted by atomic mass is 9.94. The van der Waals surface area contributed by atoms with Gasteiger partial charge in [-0.1, -0.05) is 19.3 Å². The summed E-state index contributed by atoms with van der Waals surface area (Å²) in [4.78, 5) is 13.0. The molecule has 19 heavy (non-hydrogen) atoms. The van der Waals surface area contributed by atoms with Crippen LogP contribution in [0.25, 0.3) is 0 Å². The summed E-state index contributed by atoms with van der Waals surface area (Å²) in [7, 11) is 2.24. The van der Waals surface area contributed by atoms with Crippen molar-refractivity contribution in [2.24, 2.45) is 0 Å². The summed E-state index contributed by atoms with van der Waals surface area (Å²) in [5, 5.41) is 12.0. The van der Waals surface area contributed by atoms with Gasteiger partial charge in [-0.15, -0.1) is 0 Å². The summed E-state index contributed by atoms with van der Waals surface area (Å²) >= 11 is 0. The van der Waals surface area contributed by atoms with E-state index >= 15 is 0 Å². The SMILES string of the molecule is CC(CCC(=O)O)NCCCN(C)C1CCCCC1. The fourth-order valence-electron chi connectivity index (χ4n) is 2.82. The van der Waals surface area contributed by atoms with E-state index in [9.17, 15) is 4.79 Å². The maximum atomic E-state index is 10.5. The molecule has 0 aromatic rings. The summed E-state index contributed by atoms with van der Waals surface area (Å²) in [6, 6.07) is 1.09. The highest BCUT2D eigenvalue weighted by Gasteiger charge is 2.17. The van der Waals surface area contributed by atoms with Gasteiger partial charge in [0.15, 0.2) is 0 Å². The molecule has 0 spiro atoms. The molecule has 112 valence electrons. The summed E-state index contributed by atoms with van der Waals surface area (Å²) in [6.45, 7) is 4.19. The molecular formula is C15H30N2O2. The molecule has 1 fully saturated rings. The van der Waals surface area contributed by atoms with E-state index in [0.717, 1.165) is 25.6 Å². The van der Waals surface area contributed by atoms with Crippen molar-refractivity contribution in [2.75, 3.05) is 20.1 Å². The van der Waals surface area contributed by atoms with E-state index in [0.29, 0.717) is 12.5 Å². The molecule has 2 N–H and O–H groups in total. The Morgan fingerprint density at radius 2 is 2.05 bits per heavy atom. The third-order valence-electron chi connectivity index (χ3n) is 4.17. The van der Waals surface area contributed by atoms with Crippen molar-refractivity contribution >= 4 is 5.97 Å². The molecule has 1 aliphatic carbocycles. The number of rotatable bonds is 9. The zero-order valence-electron chi connectivity index (χ0n) is 12.5. The van der Waals surface area contributed by atoms with Gasteiger partial charge in [0.1, 0.15) is 0 Å². The second kappa shape index (κ2) is 9.32. The van der Waals surface area contributed by atoms with Gasteiger partial charge in [-0.2, -0.15) is 0 Å². The van der Waals surface area contributed by atoms with Crippen molar-refractivity contribution < 1.29 is 9.90 Å². The maximum absolute atomic E-state index is 10.5. The van der Waals surface area contributed by atoms with Crippen molar-refractivity contribution in [3.63, 3.8) is 0 Å². The van der Waals surface area contributed by atoms with Gasteiger partial charge in [0, 0.05) is 18.5 Å². The standard InChI is InChI=1S/C15H30N2O2/c1-13(9-10-15(18)19)16-11-6-12-17(2)14-7-4-3-5-8-14/h13-14,16H,3-12H2,1-2H3,(H,18,19). The largest absolute Gasteiger partial charge is 0.481 e. The minimum atomic E-state index is -0.703. The van der Waals surface area contributed by atoms with Gasteiger partial charge in [-0.3, -0.25) is 4.79 Å². The van der Waals surface area contributed by atoms with Crippen LogP contribution in [-0.4, -0.2) is 48.2 Å². The zero-order valence-corrected chi connectivity index (χ0v) is 12.5. The van der Waals surface area contributed by atoms with Crippen molar-refractivity contribution in [1.29, 1.82) is 0 Å². The van der Waals surface area contributed by atoms with Crippen LogP contribution < -0.4 is 5.32 Å². The Morgan fingerprint density at radius 1 is 1.37 bits per heavy atom. The molecule has 1 aliphatic rings. The van der Waals surface area contributed by atoms with Gasteiger partial charge in [-0.25, -0.2) is 0 Å². The molecular weight excluding hydrogens is 240 g/mol. The Morgan fingerprint density at radius 3 is 2.68 bits per heavy atom. The fraction of sp³-hybridized carbons (Fsp3) is 0.933. The van der Waals surface area contributed by atoms with Crippen LogP contribution in [0.15, 0.2) is 0 Å². The molecule has 1 atom stereocenters. The first-order valence-electron chi connectivity index (χ1n) is 7.75. The average molecular weight is 270 g/mol. The van der Waals surface area contributed by atoms with Crippen LogP contribution in [0.2, 0.25) is 0 Å². The van der Waals surface area contributed by atoms with Gasteiger partial charge >= 0.3 is 5.97 Å². The molecule has 0 saturated heterocycles. The quantitative estimate of drug-likeness (QED) is 0.632. The van der Waals surface area contributed by atoms with Gasteiger partial charge in [0.25, 0.3) is 0 Å². The Balaban J connectivity index is 2.01. The number of carboxylic acids is 1. The lowest BCUT2D eigenvalue weighted by Gasteiger charge is -2.31. The van der Waals surface area contributed by atoms with Crippen LogP contribution in [0, 0.1) is 0 Å². The van der Waals surface area contributed by atoms with Crippen LogP contribution in [0.4, 0.5) is 0 Å². The van der Waals surface area contributed by atoms with Gasteiger partial charge in [0.2, 0.25) is 0 Å². The number of carbonyl (C=O) groups is 1. The fourth-order valence-corrected chi connectivity index (χ4v) is 2.82. The molecule has 0 bridgehead atoms. The molecule has 0 aliphatic heterocycles. The van der Waals surface area contributed by atoms with Crippen molar-refractivity contribution in [3.8, 4) is 0 Å². The monoisotopic (exact) mass is 270 g/mol. The second-order valence-electron chi connectivity index (χ2n) is 5.91. The number of nitrogens with zero attached hydrogens (tertiary/aromatic N) is 1. The second-order valence-corrected chi connectivity index (χ2v) is 5.91. The Kier molecular flexibility index (Phi) is 8.07.